The van der Waals surface area contributed by atoms with Crippen molar-refractivity contribution in [2.75, 3.05) is 18.9 Å². The number of rotatable bonds is 4. The first-order valence-electron chi connectivity index (χ1n) is 8.93. The second-order valence-corrected chi connectivity index (χ2v) is 6.67. The number of likely N-dealkylation sites (tertiary alicyclic amines) is 1. The van der Waals surface area contributed by atoms with Gasteiger partial charge in [0.2, 0.25) is 0 Å². The molecule has 4 rings (SSSR count). The number of piperidine rings is 1. The summed E-state index contributed by atoms with van der Waals surface area (Å²) in [4.78, 5) is 11.9. The predicted octanol–water partition coefficient (Wildman–Crippen LogP) is 3.20. The van der Waals surface area contributed by atoms with E-state index in [4.69, 9.17) is 4.98 Å². The highest BCUT2D eigenvalue weighted by Crippen LogP contribution is 2.32. The molecule has 1 N–H and O–H groups in total. The van der Waals surface area contributed by atoms with Crippen LogP contribution >= 0.6 is 0 Å². The highest BCUT2D eigenvalue weighted by molar-refractivity contribution is 5.43. The van der Waals surface area contributed by atoms with Crippen molar-refractivity contribution in [1.29, 1.82) is 0 Å². The van der Waals surface area contributed by atoms with Crippen LogP contribution < -0.4 is 5.32 Å². The first kappa shape index (κ1) is 16.0. The van der Waals surface area contributed by atoms with E-state index < -0.39 is 0 Å². The Labute approximate surface area is 147 Å². The van der Waals surface area contributed by atoms with Crippen LogP contribution in [0.5, 0.6) is 0 Å². The van der Waals surface area contributed by atoms with Gasteiger partial charge in [-0.15, -0.1) is 0 Å². The SMILES string of the molecule is CNc1ncccc1CN1CCCC[C@H]1c1cc(C)n2nccc2n1. The van der Waals surface area contributed by atoms with Crippen molar-refractivity contribution in [2.45, 2.75) is 38.8 Å². The summed E-state index contributed by atoms with van der Waals surface area (Å²) >= 11 is 0. The van der Waals surface area contributed by atoms with Crippen LogP contribution in [0.15, 0.2) is 36.7 Å². The van der Waals surface area contributed by atoms with Gasteiger partial charge in [-0.1, -0.05) is 12.5 Å². The lowest BCUT2D eigenvalue weighted by atomic mass is 9.98. The molecule has 6 nitrogen and oxygen atoms in total. The molecule has 0 spiro atoms. The summed E-state index contributed by atoms with van der Waals surface area (Å²) in [6.07, 6.45) is 7.28. The lowest BCUT2D eigenvalue weighted by Crippen LogP contribution is -2.34. The Balaban J connectivity index is 1.66. The normalized spacial score (nSPS) is 18.6. The summed E-state index contributed by atoms with van der Waals surface area (Å²) in [5.74, 6) is 0.960. The number of hydrogen-bond acceptors (Lipinski definition) is 5. The molecular formula is C19H24N6. The molecule has 0 unspecified atom stereocenters. The van der Waals surface area contributed by atoms with Gasteiger partial charge in [-0.3, -0.25) is 4.90 Å². The average Bonchev–Trinajstić information content (AvgIpc) is 3.12. The maximum Gasteiger partial charge on any atom is 0.155 e. The first-order chi connectivity index (χ1) is 12.3. The molecular weight excluding hydrogens is 312 g/mol. The van der Waals surface area contributed by atoms with Crippen molar-refractivity contribution in [3.63, 3.8) is 0 Å². The molecule has 1 aliphatic rings. The minimum atomic E-state index is 0.345. The van der Waals surface area contributed by atoms with Gasteiger partial charge in [0.05, 0.1) is 17.9 Å². The Morgan fingerprint density at radius 1 is 1.24 bits per heavy atom. The molecule has 1 atom stereocenters. The zero-order valence-corrected chi connectivity index (χ0v) is 14.8. The number of anilines is 1. The molecule has 0 radical (unpaired) electrons. The molecule has 1 fully saturated rings. The fourth-order valence-corrected chi connectivity index (χ4v) is 3.79. The zero-order chi connectivity index (χ0) is 17.2. The minimum Gasteiger partial charge on any atom is -0.373 e. The molecule has 0 saturated carbocycles. The Kier molecular flexibility index (Phi) is 4.36. The third-order valence-corrected chi connectivity index (χ3v) is 5.01. The fraction of sp³-hybridized carbons (Fsp3) is 0.421. The third kappa shape index (κ3) is 3.09. The minimum absolute atomic E-state index is 0.345. The van der Waals surface area contributed by atoms with Crippen LogP contribution in [0.1, 0.15) is 42.3 Å². The van der Waals surface area contributed by atoms with E-state index in [1.807, 2.05) is 36.1 Å². The maximum atomic E-state index is 4.88. The van der Waals surface area contributed by atoms with Gasteiger partial charge >= 0.3 is 0 Å². The Hall–Kier alpha value is -2.47. The highest BCUT2D eigenvalue weighted by atomic mass is 15.3. The van der Waals surface area contributed by atoms with Gasteiger partial charge in [-0.05, 0) is 38.4 Å². The van der Waals surface area contributed by atoms with Crippen molar-refractivity contribution >= 4 is 11.5 Å². The zero-order valence-electron chi connectivity index (χ0n) is 14.8. The van der Waals surface area contributed by atoms with Gasteiger partial charge in [0, 0.05) is 37.1 Å². The van der Waals surface area contributed by atoms with Crippen molar-refractivity contribution in [3.05, 3.63) is 53.6 Å². The van der Waals surface area contributed by atoms with Crippen LogP contribution in [0.4, 0.5) is 5.82 Å². The number of aryl methyl sites for hydroxylation is 1. The van der Waals surface area contributed by atoms with Crippen molar-refractivity contribution in [1.82, 2.24) is 24.5 Å². The maximum absolute atomic E-state index is 4.88. The number of nitrogens with one attached hydrogen (secondary N) is 1. The summed E-state index contributed by atoms with van der Waals surface area (Å²) in [6.45, 7) is 4.08. The van der Waals surface area contributed by atoms with Crippen LogP contribution in [0.3, 0.4) is 0 Å². The average molecular weight is 336 g/mol. The van der Waals surface area contributed by atoms with E-state index in [1.165, 1.54) is 18.4 Å². The molecule has 3 aromatic rings. The molecule has 0 amide bonds. The van der Waals surface area contributed by atoms with E-state index in [2.05, 4.69) is 39.4 Å². The monoisotopic (exact) mass is 336 g/mol. The second-order valence-electron chi connectivity index (χ2n) is 6.67. The van der Waals surface area contributed by atoms with Crippen molar-refractivity contribution in [3.8, 4) is 0 Å². The fourth-order valence-electron chi connectivity index (χ4n) is 3.79. The number of nitrogens with zero attached hydrogens (tertiary/aromatic N) is 5. The molecule has 130 valence electrons. The summed E-state index contributed by atoms with van der Waals surface area (Å²) in [6, 6.07) is 8.67. The number of pyridine rings is 1. The molecule has 4 heterocycles. The molecule has 1 saturated heterocycles. The topological polar surface area (TPSA) is 58.4 Å². The van der Waals surface area contributed by atoms with Gasteiger partial charge in [-0.2, -0.15) is 5.10 Å². The van der Waals surface area contributed by atoms with Crippen LogP contribution in [-0.4, -0.2) is 38.1 Å². The number of aromatic nitrogens is 4. The molecule has 25 heavy (non-hydrogen) atoms. The first-order valence-corrected chi connectivity index (χ1v) is 8.93. The largest absolute Gasteiger partial charge is 0.373 e. The molecule has 3 aromatic heterocycles. The predicted molar refractivity (Wildman–Crippen MR) is 98.5 cm³/mol. The lowest BCUT2D eigenvalue weighted by Gasteiger charge is -2.35. The van der Waals surface area contributed by atoms with Crippen LogP contribution in [-0.2, 0) is 6.54 Å². The second kappa shape index (κ2) is 6.80. The van der Waals surface area contributed by atoms with Crippen LogP contribution in [0, 0.1) is 6.92 Å². The molecule has 1 aliphatic heterocycles. The summed E-state index contributed by atoms with van der Waals surface area (Å²) in [7, 11) is 1.93. The van der Waals surface area contributed by atoms with Gasteiger partial charge in [0.15, 0.2) is 5.65 Å². The van der Waals surface area contributed by atoms with Crippen molar-refractivity contribution in [2.24, 2.45) is 0 Å². The van der Waals surface area contributed by atoms with E-state index >= 15 is 0 Å². The molecule has 0 bridgehead atoms. The summed E-state index contributed by atoms with van der Waals surface area (Å²) in [5, 5.41) is 7.54. The number of hydrogen-bond donors (Lipinski definition) is 1. The molecule has 0 aromatic carbocycles. The van der Waals surface area contributed by atoms with E-state index in [0.717, 1.165) is 42.4 Å². The van der Waals surface area contributed by atoms with Crippen LogP contribution in [0.25, 0.3) is 5.65 Å². The smallest absolute Gasteiger partial charge is 0.155 e. The van der Waals surface area contributed by atoms with E-state index in [-0.39, 0.29) is 0 Å². The standard InChI is InChI=1S/C19H24N6/c1-14-12-16(23-18-8-10-22-25(14)18)17-7-3-4-11-24(17)13-15-6-5-9-21-19(15)20-2/h5-6,8-10,12,17H,3-4,7,11,13H2,1-2H3,(H,20,21)/t17-/m0/s1. The van der Waals surface area contributed by atoms with Gasteiger partial charge < -0.3 is 5.32 Å². The molecule has 6 heteroatoms. The van der Waals surface area contributed by atoms with E-state index in [9.17, 15) is 0 Å². The van der Waals surface area contributed by atoms with Gasteiger partial charge in [-0.25, -0.2) is 14.5 Å². The van der Waals surface area contributed by atoms with Crippen LogP contribution in [0.2, 0.25) is 0 Å². The Bertz CT molecular complexity index is 871. The van der Waals surface area contributed by atoms with Gasteiger partial charge in [0.25, 0.3) is 0 Å². The third-order valence-electron chi connectivity index (χ3n) is 5.01. The Morgan fingerprint density at radius 2 is 2.16 bits per heavy atom. The molecule has 0 aliphatic carbocycles. The summed E-state index contributed by atoms with van der Waals surface area (Å²) < 4.78 is 1.90. The summed E-state index contributed by atoms with van der Waals surface area (Å²) in [5.41, 5.74) is 4.45. The number of fused-ring (bicyclic) bond motifs is 1. The lowest BCUT2D eigenvalue weighted by molar-refractivity contribution is 0.137. The van der Waals surface area contributed by atoms with E-state index in [0.29, 0.717) is 6.04 Å². The van der Waals surface area contributed by atoms with Gasteiger partial charge in [0.1, 0.15) is 5.82 Å². The Morgan fingerprint density at radius 3 is 3.04 bits per heavy atom. The highest BCUT2D eigenvalue weighted by Gasteiger charge is 2.26. The van der Waals surface area contributed by atoms with E-state index in [1.54, 1.807) is 0 Å². The quantitative estimate of drug-likeness (QED) is 0.793. The van der Waals surface area contributed by atoms with Crippen molar-refractivity contribution < 1.29 is 0 Å².